The molecule has 0 aliphatic rings. The van der Waals surface area contributed by atoms with Gasteiger partial charge in [0.2, 0.25) is 0 Å². The Morgan fingerprint density at radius 1 is 0.804 bits per heavy atom. The second kappa shape index (κ2) is 13.4. The minimum atomic E-state index is -4.72. The third kappa shape index (κ3) is 7.96. The van der Waals surface area contributed by atoms with Crippen molar-refractivity contribution >= 4 is 63.5 Å². The molecular weight excluding hydrogens is 665 g/mol. The van der Waals surface area contributed by atoms with Crippen LogP contribution in [0.1, 0.15) is 10.4 Å². The lowest BCUT2D eigenvalue weighted by molar-refractivity contribution is 0.0960. The molecule has 0 saturated carbocycles. The number of hydrogen-bond acceptors (Lipinski definition) is 13. The summed E-state index contributed by atoms with van der Waals surface area (Å²) < 4.78 is 92.5. The Hall–Kier alpha value is -4.62. The summed E-state index contributed by atoms with van der Waals surface area (Å²) in [4.78, 5) is 12.0. The molecule has 0 fully saturated rings. The monoisotopic (exact) mass is 692 g/mol. The van der Waals surface area contributed by atoms with Crippen LogP contribution in [0, 0.1) is 0 Å². The zero-order chi connectivity index (χ0) is 33.9. The topological polar surface area (TPSA) is 227 Å². The predicted molar refractivity (Wildman–Crippen MR) is 167 cm³/mol. The first-order valence-electron chi connectivity index (χ1n) is 13.0. The van der Waals surface area contributed by atoms with Gasteiger partial charge in [0.05, 0.1) is 33.3 Å². The second-order valence-electron chi connectivity index (χ2n) is 9.77. The number of hydrazine groups is 1. The molecule has 0 heterocycles. The van der Waals surface area contributed by atoms with Crippen molar-refractivity contribution < 1.29 is 49.2 Å². The maximum absolute atomic E-state index is 13.2. The summed E-state index contributed by atoms with van der Waals surface area (Å²) in [6.45, 7) is 0.164. The maximum atomic E-state index is 13.2. The van der Waals surface area contributed by atoms with Crippen molar-refractivity contribution in [2.45, 2.75) is 14.7 Å². The van der Waals surface area contributed by atoms with E-state index in [9.17, 15) is 39.7 Å². The van der Waals surface area contributed by atoms with Crippen molar-refractivity contribution in [3.05, 3.63) is 72.3 Å². The lowest BCUT2D eigenvalue weighted by Gasteiger charge is -2.14. The van der Waals surface area contributed by atoms with Gasteiger partial charge in [0.1, 0.15) is 28.7 Å². The van der Waals surface area contributed by atoms with E-state index in [0.29, 0.717) is 5.39 Å². The quantitative estimate of drug-likeness (QED) is 0.0720. The molecule has 0 bridgehead atoms. The van der Waals surface area contributed by atoms with E-state index in [1.165, 1.54) is 43.5 Å². The number of fused-ring (bicyclic) bond motifs is 1. The fourth-order valence-electron chi connectivity index (χ4n) is 4.15. The highest BCUT2D eigenvalue weighted by Gasteiger charge is 2.21. The molecule has 0 radical (unpaired) electrons. The van der Waals surface area contributed by atoms with E-state index in [4.69, 9.17) is 9.47 Å². The van der Waals surface area contributed by atoms with Gasteiger partial charge in [-0.15, -0.1) is 10.2 Å². The maximum Gasteiger partial charge on any atom is 0.298 e. The first-order valence-corrected chi connectivity index (χ1v) is 18.2. The summed E-state index contributed by atoms with van der Waals surface area (Å²) >= 11 is 0. The van der Waals surface area contributed by atoms with Gasteiger partial charge in [0.25, 0.3) is 16.0 Å². The van der Waals surface area contributed by atoms with Crippen LogP contribution in [0.15, 0.2) is 91.6 Å². The molecule has 0 spiro atoms. The molecule has 0 aromatic heterocycles. The molecule has 244 valence electrons. The molecule has 15 nitrogen and oxygen atoms in total. The van der Waals surface area contributed by atoms with Crippen molar-refractivity contribution in [3.63, 3.8) is 0 Å². The average Bonchev–Trinajstić information content (AvgIpc) is 2.98. The van der Waals surface area contributed by atoms with Gasteiger partial charge in [-0.1, -0.05) is 24.3 Å². The molecule has 0 unspecified atom stereocenters. The lowest BCUT2D eigenvalue weighted by atomic mass is 10.0. The first kappa shape index (κ1) is 34.3. The van der Waals surface area contributed by atoms with Crippen molar-refractivity contribution in [2.24, 2.45) is 10.2 Å². The number of phenolic OH excluding ortho intramolecular Hbond substituents is 1. The summed E-state index contributed by atoms with van der Waals surface area (Å²) in [6, 6.07) is 14.5. The van der Waals surface area contributed by atoms with Gasteiger partial charge in [-0.3, -0.25) is 20.2 Å². The molecular formula is C28H28N4O11S3. The first-order chi connectivity index (χ1) is 21.5. The molecule has 4 N–H and O–H groups in total. The minimum Gasteiger partial charge on any atom is -0.506 e. The highest BCUT2D eigenvalue weighted by Crippen LogP contribution is 2.38. The summed E-state index contributed by atoms with van der Waals surface area (Å²) in [6.07, 6.45) is 1.82. The molecule has 18 heteroatoms. The van der Waals surface area contributed by atoms with Gasteiger partial charge < -0.3 is 14.6 Å². The molecule has 0 aliphatic carbocycles. The van der Waals surface area contributed by atoms with Crippen molar-refractivity contribution in [1.82, 2.24) is 5.43 Å². The standard InChI is InChI=1S/C28H28N4O11S3/c1-42-12-13-43-24-11-8-17(14-26(24)46(39,40)41)29-32-28(34)21-16-23(19-6-4-5-7-20(19)27(21)33)31-30-22-10-9-18(44(2,35)36)15-25(22)45(3,37)38/h4-11,14-16,29,33H,12-13H2,1-3H3,(H,32,34)(H,39,40,41). The summed E-state index contributed by atoms with van der Waals surface area (Å²) in [5, 5.41) is 19.7. The number of amides is 1. The SMILES string of the molecule is COCCOc1ccc(NNC(=O)c2cc(N=Nc3ccc(S(C)(=O)=O)cc3S(C)(=O)=O)c3ccccc3c2O)cc1S(=O)(=O)O. The van der Waals surface area contributed by atoms with Crippen LogP contribution in [0.5, 0.6) is 11.5 Å². The Labute approximate surface area is 264 Å². The smallest absolute Gasteiger partial charge is 0.298 e. The van der Waals surface area contributed by atoms with Crippen LogP contribution < -0.4 is 15.6 Å². The number of sulfone groups is 2. The zero-order valence-corrected chi connectivity index (χ0v) is 26.9. The van der Waals surface area contributed by atoms with Gasteiger partial charge in [0, 0.05) is 30.4 Å². The van der Waals surface area contributed by atoms with Crippen molar-refractivity contribution in [3.8, 4) is 11.5 Å². The normalized spacial score (nSPS) is 12.3. The number of nitrogens with zero attached hydrogens (tertiary/aromatic N) is 2. The third-order valence-electron chi connectivity index (χ3n) is 6.35. The molecule has 1 amide bonds. The van der Waals surface area contributed by atoms with E-state index in [1.54, 1.807) is 18.2 Å². The minimum absolute atomic E-state index is 0.00493. The van der Waals surface area contributed by atoms with E-state index < -0.39 is 46.3 Å². The van der Waals surface area contributed by atoms with E-state index in [1.807, 2.05) is 0 Å². The van der Waals surface area contributed by atoms with E-state index in [2.05, 4.69) is 21.1 Å². The second-order valence-corrected chi connectivity index (χ2v) is 15.2. The number of rotatable bonds is 12. The van der Waals surface area contributed by atoms with Crippen molar-refractivity contribution in [2.75, 3.05) is 38.3 Å². The number of carbonyl (C=O) groups is 1. The fraction of sp³-hybridized carbons (Fsp3) is 0.179. The highest BCUT2D eigenvalue weighted by atomic mass is 32.2. The molecule has 0 aliphatic heterocycles. The number of nitrogens with one attached hydrogen (secondary N) is 2. The number of carbonyl (C=O) groups excluding carboxylic acids is 1. The average molecular weight is 693 g/mol. The van der Waals surface area contributed by atoms with Gasteiger partial charge in [0.15, 0.2) is 19.7 Å². The van der Waals surface area contributed by atoms with Gasteiger partial charge in [-0.05, 0) is 42.5 Å². The summed E-state index contributed by atoms with van der Waals surface area (Å²) in [5.41, 5.74) is 4.47. The van der Waals surface area contributed by atoms with Gasteiger partial charge in [-0.25, -0.2) is 16.8 Å². The largest absolute Gasteiger partial charge is 0.506 e. The van der Waals surface area contributed by atoms with Crippen LogP contribution in [-0.4, -0.2) is 73.7 Å². The molecule has 0 saturated heterocycles. The number of azo groups is 1. The molecule has 46 heavy (non-hydrogen) atoms. The van der Waals surface area contributed by atoms with Crippen LogP contribution >= 0.6 is 0 Å². The lowest BCUT2D eigenvalue weighted by Crippen LogP contribution is -2.29. The summed E-state index contributed by atoms with van der Waals surface area (Å²) in [7, 11) is -11.0. The van der Waals surface area contributed by atoms with E-state index in [0.717, 1.165) is 24.6 Å². The number of ether oxygens (including phenoxy) is 2. The Morgan fingerprint density at radius 3 is 2.11 bits per heavy atom. The molecule has 0 atom stereocenters. The molecule has 4 aromatic rings. The number of aromatic hydroxyl groups is 1. The van der Waals surface area contributed by atoms with Crippen LogP contribution in [0.4, 0.5) is 17.1 Å². The number of phenols is 1. The van der Waals surface area contributed by atoms with Crippen LogP contribution in [-0.2, 0) is 34.5 Å². The predicted octanol–water partition coefficient (Wildman–Crippen LogP) is 3.80. The fourth-order valence-corrected chi connectivity index (χ4v) is 6.36. The molecule has 4 rings (SSSR count). The number of methoxy groups -OCH3 is 1. The number of hydrogen-bond donors (Lipinski definition) is 4. The number of anilines is 1. The zero-order valence-electron chi connectivity index (χ0n) is 24.5. The van der Waals surface area contributed by atoms with Crippen LogP contribution in [0.25, 0.3) is 10.8 Å². The van der Waals surface area contributed by atoms with Crippen LogP contribution in [0.2, 0.25) is 0 Å². The number of benzene rings is 4. The Kier molecular flexibility index (Phi) is 9.97. The van der Waals surface area contributed by atoms with E-state index in [-0.39, 0.29) is 56.8 Å². The van der Waals surface area contributed by atoms with Crippen molar-refractivity contribution in [1.29, 1.82) is 0 Å². The van der Waals surface area contributed by atoms with E-state index >= 15 is 0 Å². The Bertz CT molecular complexity index is 2190. The third-order valence-corrected chi connectivity index (χ3v) is 9.46. The Morgan fingerprint density at radius 2 is 1.48 bits per heavy atom. The molecule has 4 aromatic carbocycles. The summed E-state index contributed by atoms with van der Waals surface area (Å²) in [5.74, 6) is -1.46. The highest BCUT2D eigenvalue weighted by molar-refractivity contribution is 7.91. The van der Waals surface area contributed by atoms with Crippen LogP contribution in [0.3, 0.4) is 0 Å². The Balaban J connectivity index is 1.69. The van der Waals surface area contributed by atoms with Gasteiger partial charge >= 0.3 is 0 Å². The van der Waals surface area contributed by atoms with Gasteiger partial charge in [-0.2, -0.15) is 8.42 Å².